The van der Waals surface area contributed by atoms with Crippen LogP contribution in [0.1, 0.15) is 43.2 Å². The van der Waals surface area contributed by atoms with Crippen molar-refractivity contribution >= 4 is 17.1 Å². The highest BCUT2D eigenvalue weighted by Crippen LogP contribution is 2.54. The molecule has 1 aliphatic rings. The molecule has 10 heteroatoms. The summed E-state index contributed by atoms with van der Waals surface area (Å²) in [5, 5.41) is 3.49. The SMILES string of the molecule is C=C[C@]1(CC)O[C@@H](n2cnc3c(=O)[nH]c(NC(c4ccccc4)(c4ccccc4)c4ccc(OC)cc4)nc32)C(F)(F)[C@@H]1C. The Labute approximate surface area is 253 Å². The number of imidazole rings is 1. The van der Waals surface area contributed by atoms with Gasteiger partial charge in [-0.3, -0.25) is 14.3 Å². The topological polar surface area (TPSA) is 94.1 Å². The summed E-state index contributed by atoms with van der Waals surface area (Å²) in [6.07, 6.45) is 1.18. The molecule has 2 N–H and O–H groups in total. The van der Waals surface area contributed by atoms with Crippen LogP contribution in [-0.4, -0.2) is 38.2 Å². The number of hydrogen-bond acceptors (Lipinski definition) is 6. The number of nitrogens with zero attached hydrogens (tertiary/aromatic N) is 3. The summed E-state index contributed by atoms with van der Waals surface area (Å²) < 4.78 is 44.2. The van der Waals surface area contributed by atoms with Crippen molar-refractivity contribution in [2.45, 2.75) is 43.6 Å². The highest BCUT2D eigenvalue weighted by molar-refractivity contribution is 5.72. The molecular weight excluding hydrogens is 564 g/mol. The molecule has 44 heavy (non-hydrogen) atoms. The summed E-state index contributed by atoms with van der Waals surface area (Å²) in [5.41, 5.74) is -0.482. The zero-order chi connectivity index (χ0) is 31.1. The van der Waals surface area contributed by atoms with Gasteiger partial charge in [-0.15, -0.1) is 6.58 Å². The van der Waals surface area contributed by atoms with E-state index >= 15 is 8.78 Å². The second-order valence-corrected chi connectivity index (χ2v) is 11.0. The van der Waals surface area contributed by atoms with Crippen LogP contribution in [0, 0.1) is 5.92 Å². The number of anilines is 1. The van der Waals surface area contributed by atoms with E-state index in [1.54, 1.807) is 14.0 Å². The Morgan fingerprint density at radius 3 is 2.16 bits per heavy atom. The fourth-order valence-corrected chi connectivity index (χ4v) is 6.20. The summed E-state index contributed by atoms with van der Waals surface area (Å²) >= 11 is 0. The van der Waals surface area contributed by atoms with Crippen LogP contribution in [0.15, 0.2) is 109 Å². The third-order valence-corrected chi connectivity index (χ3v) is 8.80. The molecular formula is C34H33F2N5O3. The maximum Gasteiger partial charge on any atom is 0.297 e. The van der Waals surface area contributed by atoms with E-state index in [-0.39, 0.29) is 17.1 Å². The van der Waals surface area contributed by atoms with E-state index in [1.165, 1.54) is 19.3 Å². The molecule has 5 aromatic rings. The smallest absolute Gasteiger partial charge is 0.297 e. The molecule has 0 aliphatic carbocycles. The minimum absolute atomic E-state index is 0.0335. The summed E-state index contributed by atoms with van der Waals surface area (Å²) in [6, 6.07) is 27.0. The van der Waals surface area contributed by atoms with E-state index in [0.717, 1.165) is 21.3 Å². The lowest BCUT2D eigenvalue weighted by Gasteiger charge is -2.37. The van der Waals surface area contributed by atoms with Crippen molar-refractivity contribution in [2.75, 3.05) is 12.4 Å². The molecule has 0 bridgehead atoms. The number of methoxy groups -OCH3 is 1. The molecule has 1 aliphatic heterocycles. The molecule has 3 aromatic carbocycles. The number of ether oxygens (including phenoxy) is 2. The summed E-state index contributed by atoms with van der Waals surface area (Å²) in [7, 11) is 1.60. The van der Waals surface area contributed by atoms with Crippen LogP contribution in [-0.2, 0) is 10.3 Å². The van der Waals surface area contributed by atoms with Crippen LogP contribution in [0.4, 0.5) is 14.7 Å². The fourth-order valence-electron chi connectivity index (χ4n) is 6.20. The molecule has 0 radical (unpaired) electrons. The summed E-state index contributed by atoms with van der Waals surface area (Å²) in [6.45, 7) is 7.00. The molecule has 226 valence electrons. The van der Waals surface area contributed by atoms with Gasteiger partial charge in [-0.2, -0.15) is 4.98 Å². The first-order valence-corrected chi connectivity index (χ1v) is 14.4. The zero-order valence-electron chi connectivity index (χ0n) is 24.6. The molecule has 1 fully saturated rings. The number of hydrogen-bond donors (Lipinski definition) is 2. The van der Waals surface area contributed by atoms with E-state index in [4.69, 9.17) is 14.5 Å². The molecule has 6 rings (SSSR count). The molecule has 3 atom stereocenters. The van der Waals surface area contributed by atoms with Gasteiger partial charge in [-0.05, 0) is 35.2 Å². The van der Waals surface area contributed by atoms with E-state index in [2.05, 4.69) is 21.9 Å². The van der Waals surface area contributed by atoms with Crippen LogP contribution in [0.2, 0.25) is 0 Å². The molecule has 3 heterocycles. The normalized spacial score (nSPS) is 21.3. The highest BCUT2D eigenvalue weighted by atomic mass is 19.3. The standard InChI is InChI=1S/C34H33F2N5O3/c1-5-32(6-2)22(3)34(35,36)30(44-32)41-21-37-27-28(41)38-31(39-29(27)42)40-33(23-13-9-7-10-14-23,24-15-11-8-12-16-24)25-17-19-26(43-4)20-18-25/h5,7-22,30H,1,6H2,2-4H3,(H2,38,39,40,42)/t22-,30-,32-/m1/s1. The first kappa shape index (κ1) is 29.3. The van der Waals surface area contributed by atoms with Crippen molar-refractivity contribution in [3.05, 3.63) is 131 Å². The van der Waals surface area contributed by atoms with Gasteiger partial charge in [-0.1, -0.05) is 92.7 Å². The fraction of sp³-hybridized carbons (Fsp3) is 0.265. The summed E-state index contributed by atoms with van der Waals surface area (Å²) in [4.78, 5) is 25.0. The highest BCUT2D eigenvalue weighted by Gasteiger charge is 2.63. The van der Waals surface area contributed by atoms with Crippen molar-refractivity contribution in [3.63, 3.8) is 0 Å². The number of halogens is 2. The third kappa shape index (κ3) is 4.48. The van der Waals surface area contributed by atoms with Gasteiger partial charge in [0.1, 0.15) is 11.3 Å². The zero-order valence-corrected chi connectivity index (χ0v) is 24.6. The molecule has 1 saturated heterocycles. The Bertz CT molecular complexity index is 1800. The summed E-state index contributed by atoms with van der Waals surface area (Å²) in [5.74, 6) is -3.72. The molecule has 8 nitrogen and oxygen atoms in total. The minimum atomic E-state index is -3.30. The Hall–Kier alpha value is -4.83. The average molecular weight is 598 g/mol. The second kappa shape index (κ2) is 11.0. The number of rotatable bonds is 9. The van der Waals surface area contributed by atoms with Crippen molar-refractivity contribution in [3.8, 4) is 5.75 Å². The van der Waals surface area contributed by atoms with E-state index < -0.39 is 34.8 Å². The lowest BCUT2D eigenvalue weighted by Crippen LogP contribution is -2.39. The van der Waals surface area contributed by atoms with E-state index in [9.17, 15) is 4.79 Å². The van der Waals surface area contributed by atoms with Crippen LogP contribution in [0.25, 0.3) is 11.2 Å². The Morgan fingerprint density at radius 2 is 1.64 bits per heavy atom. The largest absolute Gasteiger partial charge is 0.497 e. The van der Waals surface area contributed by atoms with Gasteiger partial charge in [0.2, 0.25) is 12.2 Å². The minimum Gasteiger partial charge on any atom is -0.497 e. The van der Waals surface area contributed by atoms with Crippen LogP contribution in [0.5, 0.6) is 5.75 Å². The van der Waals surface area contributed by atoms with Crippen molar-refractivity contribution in [1.29, 1.82) is 0 Å². The first-order chi connectivity index (χ1) is 21.2. The monoisotopic (exact) mass is 597 g/mol. The number of aromatic nitrogens is 4. The van der Waals surface area contributed by atoms with Crippen LogP contribution >= 0.6 is 0 Å². The van der Waals surface area contributed by atoms with Crippen molar-refractivity contribution < 1.29 is 18.3 Å². The van der Waals surface area contributed by atoms with Gasteiger partial charge in [0.05, 0.1) is 25.0 Å². The number of benzene rings is 3. The number of aromatic amines is 1. The van der Waals surface area contributed by atoms with E-state index in [1.807, 2.05) is 84.9 Å². The quantitative estimate of drug-likeness (QED) is 0.146. The number of fused-ring (bicyclic) bond motifs is 1. The maximum atomic E-state index is 15.8. The Balaban J connectivity index is 1.55. The lowest BCUT2D eigenvalue weighted by molar-refractivity contribution is -0.127. The second-order valence-electron chi connectivity index (χ2n) is 11.0. The molecule has 2 aromatic heterocycles. The molecule has 0 saturated carbocycles. The predicted octanol–water partition coefficient (Wildman–Crippen LogP) is 6.67. The van der Waals surface area contributed by atoms with Gasteiger partial charge in [-0.25, -0.2) is 13.8 Å². The van der Waals surface area contributed by atoms with Gasteiger partial charge in [0.15, 0.2) is 11.2 Å². The molecule has 0 unspecified atom stereocenters. The van der Waals surface area contributed by atoms with Crippen molar-refractivity contribution in [2.24, 2.45) is 5.92 Å². The van der Waals surface area contributed by atoms with Gasteiger partial charge >= 0.3 is 0 Å². The lowest BCUT2D eigenvalue weighted by atomic mass is 9.77. The molecule has 0 amide bonds. The van der Waals surface area contributed by atoms with Crippen LogP contribution in [0.3, 0.4) is 0 Å². The van der Waals surface area contributed by atoms with Gasteiger partial charge in [0, 0.05) is 0 Å². The number of H-pyrrole nitrogens is 1. The third-order valence-electron chi connectivity index (χ3n) is 8.80. The Kier molecular flexibility index (Phi) is 7.33. The number of nitrogens with one attached hydrogen (secondary N) is 2. The van der Waals surface area contributed by atoms with Crippen molar-refractivity contribution in [1.82, 2.24) is 19.5 Å². The predicted molar refractivity (Wildman–Crippen MR) is 165 cm³/mol. The van der Waals surface area contributed by atoms with Gasteiger partial charge in [0.25, 0.3) is 11.5 Å². The van der Waals surface area contributed by atoms with Gasteiger partial charge < -0.3 is 14.8 Å². The number of alkyl halides is 2. The van der Waals surface area contributed by atoms with E-state index in [0.29, 0.717) is 12.2 Å². The molecule has 0 spiro atoms. The first-order valence-electron chi connectivity index (χ1n) is 14.4. The van der Waals surface area contributed by atoms with Crippen LogP contribution < -0.4 is 15.6 Å². The average Bonchev–Trinajstić information content (AvgIpc) is 3.57. The Morgan fingerprint density at radius 1 is 1.05 bits per heavy atom. The maximum absolute atomic E-state index is 15.8.